The van der Waals surface area contributed by atoms with Gasteiger partial charge in [0.15, 0.2) is 0 Å². The fraction of sp³-hybridized carbons (Fsp3) is 0.174. The minimum Gasteiger partial charge on any atom is -0.478 e. The van der Waals surface area contributed by atoms with Crippen LogP contribution in [0.15, 0.2) is 72.8 Å². The zero-order valence-corrected chi connectivity index (χ0v) is 14.8. The van der Waals surface area contributed by atoms with Crippen molar-refractivity contribution in [2.45, 2.75) is 25.4 Å². The lowest BCUT2D eigenvalue weighted by Gasteiger charge is -2.19. The SMILES string of the molecule is O=C(O)c1cccc(CC(Cc2ccc(F)cc2)c2cccc(CO)c2)c1. The monoisotopic (exact) mass is 364 g/mol. The summed E-state index contributed by atoms with van der Waals surface area (Å²) >= 11 is 0. The van der Waals surface area contributed by atoms with Crippen molar-refractivity contribution >= 4 is 5.97 Å². The molecule has 0 fully saturated rings. The van der Waals surface area contributed by atoms with Crippen molar-refractivity contribution in [3.05, 3.63) is 106 Å². The van der Waals surface area contributed by atoms with Crippen LogP contribution in [-0.4, -0.2) is 16.2 Å². The quantitative estimate of drug-likeness (QED) is 0.645. The van der Waals surface area contributed by atoms with Crippen molar-refractivity contribution in [1.82, 2.24) is 0 Å². The number of carboxylic acids is 1. The summed E-state index contributed by atoms with van der Waals surface area (Å²) < 4.78 is 13.2. The lowest BCUT2D eigenvalue weighted by Crippen LogP contribution is -2.08. The molecule has 4 heteroatoms. The molecule has 0 radical (unpaired) electrons. The molecule has 0 aliphatic rings. The molecule has 0 spiro atoms. The van der Waals surface area contributed by atoms with E-state index in [4.69, 9.17) is 0 Å². The number of aliphatic hydroxyl groups is 1. The van der Waals surface area contributed by atoms with Gasteiger partial charge in [-0.25, -0.2) is 9.18 Å². The molecule has 0 aliphatic carbocycles. The maximum Gasteiger partial charge on any atom is 0.335 e. The average Bonchev–Trinajstić information content (AvgIpc) is 2.69. The molecule has 27 heavy (non-hydrogen) atoms. The third kappa shape index (κ3) is 5.02. The van der Waals surface area contributed by atoms with Crippen molar-refractivity contribution in [3.8, 4) is 0 Å². The van der Waals surface area contributed by atoms with E-state index in [1.54, 1.807) is 30.3 Å². The number of carbonyl (C=O) groups is 1. The smallest absolute Gasteiger partial charge is 0.335 e. The molecule has 0 saturated carbocycles. The van der Waals surface area contributed by atoms with Crippen molar-refractivity contribution in [1.29, 1.82) is 0 Å². The van der Waals surface area contributed by atoms with E-state index in [-0.39, 0.29) is 23.9 Å². The Bertz CT molecular complexity index is 919. The van der Waals surface area contributed by atoms with E-state index in [2.05, 4.69) is 0 Å². The molecule has 1 unspecified atom stereocenters. The van der Waals surface area contributed by atoms with Gasteiger partial charge in [0.1, 0.15) is 5.82 Å². The van der Waals surface area contributed by atoms with Gasteiger partial charge in [-0.2, -0.15) is 0 Å². The molecule has 3 rings (SSSR count). The van der Waals surface area contributed by atoms with Gasteiger partial charge < -0.3 is 10.2 Å². The highest BCUT2D eigenvalue weighted by Gasteiger charge is 2.15. The summed E-state index contributed by atoms with van der Waals surface area (Å²) in [6.07, 6.45) is 1.33. The van der Waals surface area contributed by atoms with E-state index in [1.807, 2.05) is 30.3 Å². The average molecular weight is 364 g/mol. The van der Waals surface area contributed by atoms with E-state index in [0.29, 0.717) is 12.8 Å². The molecule has 138 valence electrons. The molecule has 0 bridgehead atoms. The van der Waals surface area contributed by atoms with Crippen LogP contribution in [0.3, 0.4) is 0 Å². The van der Waals surface area contributed by atoms with Gasteiger partial charge >= 0.3 is 5.97 Å². The van der Waals surface area contributed by atoms with Gasteiger partial charge in [0.2, 0.25) is 0 Å². The third-order valence-corrected chi connectivity index (χ3v) is 4.66. The normalized spacial score (nSPS) is 11.9. The Kier molecular flexibility index (Phi) is 5.99. The maximum atomic E-state index is 13.2. The molecule has 3 aromatic carbocycles. The highest BCUT2D eigenvalue weighted by molar-refractivity contribution is 5.87. The zero-order valence-electron chi connectivity index (χ0n) is 14.8. The van der Waals surface area contributed by atoms with E-state index in [0.717, 1.165) is 22.3 Å². The van der Waals surface area contributed by atoms with Gasteiger partial charge in [-0.05, 0) is 65.3 Å². The molecular formula is C23H21FO3. The number of carboxylic acid groups (broad SMARTS) is 1. The van der Waals surface area contributed by atoms with Crippen molar-refractivity contribution in [3.63, 3.8) is 0 Å². The number of aromatic carboxylic acids is 1. The fourth-order valence-electron chi connectivity index (χ4n) is 3.27. The second-order valence-electron chi connectivity index (χ2n) is 6.64. The first-order valence-electron chi connectivity index (χ1n) is 8.81. The van der Waals surface area contributed by atoms with Crippen LogP contribution >= 0.6 is 0 Å². The molecule has 3 aromatic rings. The summed E-state index contributed by atoms with van der Waals surface area (Å²) in [5.74, 6) is -1.15. The Hall–Kier alpha value is -2.98. The van der Waals surface area contributed by atoms with Gasteiger partial charge in [-0.3, -0.25) is 0 Å². The highest BCUT2D eigenvalue weighted by atomic mass is 19.1. The summed E-state index contributed by atoms with van der Waals surface area (Å²) in [7, 11) is 0. The van der Waals surface area contributed by atoms with Crippen LogP contribution in [0.25, 0.3) is 0 Å². The molecule has 0 saturated heterocycles. The molecule has 0 heterocycles. The molecule has 0 amide bonds. The maximum absolute atomic E-state index is 13.2. The van der Waals surface area contributed by atoms with Crippen LogP contribution in [-0.2, 0) is 19.4 Å². The minimum absolute atomic E-state index is 0.0361. The second-order valence-corrected chi connectivity index (χ2v) is 6.64. The number of aliphatic hydroxyl groups excluding tert-OH is 1. The molecule has 2 N–H and O–H groups in total. The van der Waals surface area contributed by atoms with Crippen LogP contribution in [0.4, 0.5) is 4.39 Å². The summed E-state index contributed by atoms with van der Waals surface area (Å²) in [5.41, 5.74) is 4.08. The topological polar surface area (TPSA) is 57.5 Å². The van der Waals surface area contributed by atoms with E-state index < -0.39 is 5.97 Å². The van der Waals surface area contributed by atoms with Crippen molar-refractivity contribution in [2.75, 3.05) is 0 Å². The highest BCUT2D eigenvalue weighted by Crippen LogP contribution is 2.27. The van der Waals surface area contributed by atoms with E-state index in [1.165, 1.54) is 12.1 Å². The number of benzene rings is 3. The van der Waals surface area contributed by atoms with Crippen molar-refractivity contribution < 1.29 is 19.4 Å². The fourth-order valence-corrected chi connectivity index (χ4v) is 3.27. The van der Waals surface area contributed by atoms with Crippen LogP contribution in [0.2, 0.25) is 0 Å². The molecule has 1 atom stereocenters. The Morgan fingerprint density at radius 3 is 2.22 bits per heavy atom. The van der Waals surface area contributed by atoms with Crippen LogP contribution in [0, 0.1) is 5.82 Å². The number of rotatable bonds is 7. The second kappa shape index (κ2) is 8.60. The number of hydrogen-bond acceptors (Lipinski definition) is 2. The summed E-state index contributed by atoms with van der Waals surface area (Å²) in [6.45, 7) is -0.0361. The molecule has 0 aliphatic heterocycles. The van der Waals surface area contributed by atoms with Gasteiger partial charge in [0.05, 0.1) is 12.2 Å². The number of halogens is 1. The summed E-state index contributed by atoms with van der Waals surface area (Å²) in [4.78, 5) is 11.3. The minimum atomic E-state index is -0.950. The van der Waals surface area contributed by atoms with Crippen LogP contribution in [0.1, 0.15) is 38.5 Å². The summed E-state index contributed by atoms with van der Waals surface area (Å²) in [6, 6.07) is 21.1. The van der Waals surface area contributed by atoms with Gasteiger partial charge in [0.25, 0.3) is 0 Å². The van der Waals surface area contributed by atoms with Gasteiger partial charge in [-0.15, -0.1) is 0 Å². The first-order valence-corrected chi connectivity index (χ1v) is 8.81. The van der Waals surface area contributed by atoms with Gasteiger partial charge in [0, 0.05) is 0 Å². The van der Waals surface area contributed by atoms with Crippen LogP contribution < -0.4 is 0 Å². The standard InChI is InChI=1S/C23H21FO3/c24-22-9-7-16(8-10-22)11-21(19-5-2-4-18(14-19)15-25)13-17-3-1-6-20(12-17)23(26)27/h1-10,12,14,21,25H,11,13,15H2,(H,26,27). The Morgan fingerprint density at radius 2 is 1.52 bits per heavy atom. The Labute approximate surface area is 157 Å². The zero-order chi connectivity index (χ0) is 19.2. The van der Waals surface area contributed by atoms with Crippen molar-refractivity contribution in [2.24, 2.45) is 0 Å². The van der Waals surface area contributed by atoms with Crippen LogP contribution in [0.5, 0.6) is 0 Å². The lowest BCUT2D eigenvalue weighted by atomic mass is 9.86. The number of hydrogen-bond donors (Lipinski definition) is 2. The first-order chi connectivity index (χ1) is 13.0. The van der Waals surface area contributed by atoms with E-state index >= 15 is 0 Å². The molecule has 0 aromatic heterocycles. The predicted molar refractivity (Wildman–Crippen MR) is 102 cm³/mol. The molecule has 3 nitrogen and oxygen atoms in total. The summed E-state index contributed by atoms with van der Waals surface area (Å²) in [5, 5.41) is 18.7. The molecular weight excluding hydrogens is 343 g/mol. The van der Waals surface area contributed by atoms with E-state index in [9.17, 15) is 19.4 Å². The first kappa shape index (κ1) is 18.8. The Balaban J connectivity index is 1.92. The largest absolute Gasteiger partial charge is 0.478 e. The predicted octanol–water partition coefficient (Wildman–Crippen LogP) is 4.59. The Morgan fingerprint density at radius 1 is 0.852 bits per heavy atom. The van der Waals surface area contributed by atoms with Gasteiger partial charge in [-0.1, -0.05) is 48.5 Å². The third-order valence-electron chi connectivity index (χ3n) is 4.66. The lowest BCUT2D eigenvalue weighted by molar-refractivity contribution is 0.0696.